The fraction of sp³-hybridized carbons (Fsp3) is 0.571. The Hall–Kier alpha value is -0.290. The number of halogens is 2. The third-order valence-electron chi connectivity index (χ3n) is 2.97. The van der Waals surface area contributed by atoms with E-state index in [1.165, 1.54) is 12.1 Å². The number of hydrogen-bond donors (Lipinski definition) is 1. The Balaban J connectivity index is 2.93. The van der Waals surface area contributed by atoms with E-state index in [-0.39, 0.29) is 21.7 Å². The molecule has 114 valence electrons. The summed E-state index contributed by atoms with van der Waals surface area (Å²) in [6.45, 7) is 4.90. The van der Waals surface area contributed by atoms with Gasteiger partial charge in [0, 0.05) is 11.1 Å². The average molecular weight is 338 g/mol. The number of nitrogens with one attached hydrogen (secondary N) is 1. The first kappa shape index (κ1) is 17.8. The fourth-order valence-corrected chi connectivity index (χ4v) is 4.38. The predicted octanol–water partition coefficient (Wildman–Crippen LogP) is 3.94. The second-order valence-corrected chi connectivity index (χ2v) is 7.64. The van der Waals surface area contributed by atoms with E-state index in [1.807, 2.05) is 6.92 Å². The maximum Gasteiger partial charge on any atom is 0.181 e. The lowest BCUT2D eigenvalue weighted by Gasteiger charge is -2.18. The number of benzene rings is 1. The Morgan fingerprint density at radius 1 is 1.20 bits per heavy atom. The smallest absolute Gasteiger partial charge is 0.181 e. The standard InChI is InChI=1S/C14H21Cl2NO2S/c1-3-5-12(17-8-4-2)10-20(18,19)14-9-11(15)6-7-13(14)16/h6-7,9,12,17H,3-5,8,10H2,1-2H3. The van der Waals surface area contributed by atoms with Gasteiger partial charge in [-0.15, -0.1) is 0 Å². The van der Waals surface area contributed by atoms with Gasteiger partial charge in [-0.3, -0.25) is 0 Å². The SMILES string of the molecule is CCCNC(CCC)CS(=O)(=O)c1cc(Cl)ccc1Cl. The summed E-state index contributed by atoms with van der Waals surface area (Å²) >= 11 is 11.9. The minimum absolute atomic E-state index is 0.0426. The number of sulfone groups is 1. The quantitative estimate of drug-likeness (QED) is 0.781. The third-order valence-corrected chi connectivity index (χ3v) is 5.49. The molecule has 0 saturated heterocycles. The number of hydrogen-bond acceptors (Lipinski definition) is 3. The van der Waals surface area contributed by atoms with Crippen LogP contribution in [0.3, 0.4) is 0 Å². The summed E-state index contributed by atoms with van der Waals surface area (Å²) in [5.74, 6) is 0.0426. The van der Waals surface area contributed by atoms with Crippen LogP contribution in [0.4, 0.5) is 0 Å². The van der Waals surface area contributed by atoms with Gasteiger partial charge in [0.15, 0.2) is 9.84 Å². The Morgan fingerprint density at radius 3 is 2.50 bits per heavy atom. The molecule has 1 aromatic rings. The van der Waals surface area contributed by atoms with Crippen molar-refractivity contribution in [2.75, 3.05) is 12.3 Å². The molecule has 0 aliphatic carbocycles. The van der Waals surface area contributed by atoms with Crippen LogP contribution in [0.15, 0.2) is 23.1 Å². The highest BCUT2D eigenvalue weighted by Crippen LogP contribution is 2.26. The van der Waals surface area contributed by atoms with Gasteiger partial charge < -0.3 is 5.32 Å². The Labute approximate surface area is 131 Å². The molecule has 1 atom stereocenters. The predicted molar refractivity (Wildman–Crippen MR) is 85.5 cm³/mol. The molecule has 1 rings (SSSR count). The second kappa shape index (κ2) is 8.23. The molecule has 1 N–H and O–H groups in total. The topological polar surface area (TPSA) is 46.2 Å². The first-order valence-electron chi connectivity index (χ1n) is 6.82. The Kier molecular flexibility index (Phi) is 7.30. The first-order chi connectivity index (χ1) is 9.40. The van der Waals surface area contributed by atoms with Crippen molar-refractivity contribution in [3.8, 4) is 0 Å². The van der Waals surface area contributed by atoms with Crippen LogP contribution in [-0.4, -0.2) is 26.8 Å². The lowest BCUT2D eigenvalue weighted by molar-refractivity contribution is 0.500. The molecule has 0 amide bonds. The molecule has 1 unspecified atom stereocenters. The average Bonchev–Trinajstić information content (AvgIpc) is 2.38. The molecule has 0 saturated carbocycles. The van der Waals surface area contributed by atoms with Crippen molar-refractivity contribution >= 4 is 33.0 Å². The van der Waals surface area contributed by atoms with E-state index < -0.39 is 9.84 Å². The summed E-state index contributed by atoms with van der Waals surface area (Å²) in [5.41, 5.74) is 0. The third kappa shape index (κ3) is 5.24. The van der Waals surface area contributed by atoms with E-state index >= 15 is 0 Å². The molecule has 20 heavy (non-hydrogen) atoms. The summed E-state index contributed by atoms with van der Waals surface area (Å²) in [6.07, 6.45) is 2.72. The molecule has 1 aromatic carbocycles. The summed E-state index contributed by atoms with van der Waals surface area (Å²) in [6, 6.07) is 4.47. The Bertz CT molecular complexity index is 532. The van der Waals surface area contributed by atoms with Crippen molar-refractivity contribution in [2.45, 2.75) is 44.0 Å². The van der Waals surface area contributed by atoms with Crippen LogP contribution in [0.1, 0.15) is 33.1 Å². The van der Waals surface area contributed by atoms with Crippen molar-refractivity contribution in [1.29, 1.82) is 0 Å². The van der Waals surface area contributed by atoms with E-state index in [2.05, 4.69) is 12.2 Å². The summed E-state index contributed by atoms with van der Waals surface area (Å²) in [7, 11) is -3.44. The van der Waals surface area contributed by atoms with Crippen molar-refractivity contribution in [1.82, 2.24) is 5.32 Å². The van der Waals surface area contributed by atoms with Crippen LogP contribution >= 0.6 is 23.2 Å². The van der Waals surface area contributed by atoms with Crippen LogP contribution in [-0.2, 0) is 9.84 Å². The van der Waals surface area contributed by atoms with Gasteiger partial charge in [0.1, 0.15) is 0 Å². The van der Waals surface area contributed by atoms with Gasteiger partial charge in [-0.1, -0.05) is 43.5 Å². The van der Waals surface area contributed by atoms with Crippen molar-refractivity contribution in [3.63, 3.8) is 0 Å². The molecule has 0 bridgehead atoms. The largest absolute Gasteiger partial charge is 0.313 e. The summed E-state index contributed by atoms with van der Waals surface area (Å²) in [5, 5.41) is 3.87. The molecule has 0 aromatic heterocycles. The minimum atomic E-state index is -3.44. The molecule has 0 aliphatic heterocycles. The fourth-order valence-electron chi connectivity index (χ4n) is 2.01. The van der Waals surface area contributed by atoms with Gasteiger partial charge in [-0.05, 0) is 37.6 Å². The van der Waals surface area contributed by atoms with E-state index in [0.717, 1.165) is 25.8 Å². The molecule has 3 nitrogen and oxygen atoms in total. The van der Waals surface area contributed by atoms with Gasteiger partial charge in [0.2, 0.25) is 0 Å². The molecular weight excluding hydrogens is 317 g/mol. The molecule has 0 radical (unpaired) electrons. The second-order valence-electron chi connectivity index (χ2n) is 4.80. The molecule has 0 fully saturated rings. The highest BCUT2D eigenvalue weighted by molar-refractivity contribution is 7.91. The maximum absolute atomic E-state index is 12.5. The number of rotatable bonds is 8. The zero-order valence-corrected chi connectivity index (χ0v) is 14.2. The van der Waals surface area contributed by atoms with Crippen LogP contribution < -0.4 is 5.32 Å². The van der Waals surface area contributed by atoms with E-state index in [9.17, 15) is 8.42 Å². The minimum Gasteiger partial charge on any atom is -0.313 e. The maximum atomic E-state index is 12.5. The van der Waals surface area contributed by atoms with E-state index in [0.29, 0.717) is 5.02 Å². The van der Waals surface area contributed by atoms with Gasteiger partial charge in [0.05, 0.1) is 15.7 Å². The normalized spacial score (nSPS) is 13.4. The lowest BCUT2D eigenvalue weighted by Crippen LogP contribution is -2.36. The zero-order chi connectivity index (χ0) is 15.2. The molecule has 0 spiro atoms. The van der Waals surface area contributed by atoms with Crippen LogP contribution in [0.25, 0.3) is 0 Å². The van der Waals surface area contributed by atoms with Gasteiger partial charge in [-0.25, -0.2) is 8.42 Å². The van der Waals surface area contributed by atoms with Crippen molar-refractivity contribution < 1.29 is 8.42 Å². The van der Waals surface area contributed by atoms with Gasteiger partial charge >= 0.3 is 0 Å². The van der Waals surface area contributed by atoms with Crippen LogP contribution in [0.5, 0.6) is 0 Å². The lowest BCUT2D eigenvalue weighted by atomic mass is 10.2. The molecular formula is C14H21Cl2NO2S. The summed E-state index contributed by atoms with van der Waals surface area (Å²) in [4.78, 5) is 0.117. The van der Waals surface area contributed by atoms with Crippen molar-refractivity contribution in [2.24, 2.45) is 0 Å². The highest BCUT2D eigenvalue weighted by atomic mass is 35.5. The van der Waals surface area contributed by atoms with E-state index in [4.69, 9.17) is 23.2 Å². The monoisotopic (exact) mass is 337 g/mol. The molecule has 0 aliphatic rings. The van der Waals surface area contributed by atoms with Gasteiger partial charge in [0.25, 0.3) is 0 Å². The van der Waals surface area contributed by atoms with Crippen LogP contribution in [0, 0.1) is 0 Å². The Morgan fingerprint density at radius 2 is 1.90 bits per heavy atom. The molecule has 6 heteroatoms. The van der Waals surface area contributed by atoms with Crippen molar-refractivity contribution in [3.05, 3.63) is 28.2 Å². The summed E-state index contributed by atoms with van der Waals surface area (Å²) < 4.78 is 24.9. The first-order valence-corrected chi connectivity index (χ1v) is 9.22. The van der Waals surface area contributed by atoms with Gasteiger partial charge in [-0.2, -0.15) is 0 Å². The van der Waals surface area contributed by atoms with E-state index in [1.54, 1.807) is 6.07 Å². The van der Waals surface area contributed by atoms with Crippen LogP contribution in [0.2, 0.25) is 10.0 Å². The highest BCUT2D eigenvalue weighted by Gasteiger charge is 2.23. The zero-order valence-electron chi connectivity index (χ0n) is 11.8. The molecule has 0 heterocycles.